The quantitative estimate of drug-likeness (QED) is 0.732. The fourth-order valence-corrected chi connectivity index (χ4v) is 3.92. The molecule has 0 unspecified atom stereocenters. The van der Waals surface area contributed by atoms with Crippen molar-refractivity contribution in [3.8, 4) is 0 Å². The highest BCUT2D eigenvalue weighted by atomic mass is 32.1. The van der Waals surface area contributed by atoms with Crippen molar-refractivity contribution < 1.29 is 18.8 Å². The molecule has 4 rings (SSSR count). The fraction of sp³-hybridized carbons (Fsp3) is 0.333. The van der Waals surface area contributed by atoms with Gasteiger partial charge in [0.1, 0.15) is 11.5 Å². The third kappa shape index (κ3) is 2.89. The number of hydrogen-bond donors (Lipinski definition) is 2. The summed E-state index contributed by atoms with van der Waals surface area (Å²) in [5.41, 5.74) is 0.459. The Hall–Kier alpha value is -2.38. The first-order chi connectivity index (χ1) is 12.2. The van der Waals surface area contributed by atoms with Gasteiger partial charge in [-0.05, 0) is 48.2 Å². The van der Waals surface area contributed by atoms with Gasteiger partial charge >= 0.3 is 0 Å². The van der Waals surface area contributed by atoms with Crippen LogP contribution in [0, 0.1) is 0 Å². The summed E-state index contributed by atoms with van der Waals surface area (Å²) >= 11 is 1.47. The van der Waals surface area contributed by atoms with Gasteiger partial charge in [-0.15, -0.1) is 0 Å². The molecular weight excluding hydrogens is 340 g/mol. The topological polar surface area (TPSA) is 88.5 Å². The summed E-state index contributed by atoms with van der Waals surface area (Å²) in [6.45, 7) is -0.0162. The highest BCUT2D eigenvalue weighted by Gasteiger charge is 2.36. The Morgan fingerprint density at radius 1 is 1.36 bits per heavy atom. The number of nitrogens with zero attached hydrogens (tertiary/aromatic N) is 1. The van der Waals surface area contributed by atoms with Gasteiger partial charge in [-0.1, -0.05) is 5.16 Å². The summed E-state index contributed by atoms with van der Waals surface area (Å²) in [6.07, 6.45) is 5.21. The van der Waals surface area contributed by atoms with E-state index in [1.807, 2.05) is 16.8 Å². The number of amides is 1. The molecule has 0 saturated carbocycles. The summed E-state index contributed by atoms with van der Waals surface area (Å²) in [7, 11) is 0. The Morgan fingerprint density at radius 2 is 2.24 bits per heavy atom. The smallest absolute Gasteiger partial charge is 0.273 e. The van der Waals surface area contributed by atoms with Gasteiger partial charge in [-0.3, -0.25) is 4.79 Å². The largest absolute Gasteiger partial charge is 0.466 e. The third-order valence-corrected chi connectivity index (χ3v) is 5.28. The lowest BCUT2D eigenvalue weighted by atomic mass is 9.93. The Balaban J connectivity index is 1.56. The molecule has 3 aromatic rings. The Kier molecular flexibility index (Phi) is 4.19. The molecule has 0 aromatic carbocycles. The van der Waals surface area contributed by atoms with Crippen LogP contribution >= 0.6 is 11.3 Å². The highest BCUT2D eigenvalue weighted by molar-refractivity contribution is 7.08. The van der Waals surface area contributed by atoms with Crippen molar-refractivity contribution >= 4 is 17.2 Å². The van der Waals surface area contributed by atoms with E-state index in [2.05, 4.69) is 10.5 Å². The van der Waals surface area contributed by atoms with Crippen LogP contribution in [-0.4, -0.2) is 22.7 Å². The van der Waals surface area contributed by atoms with E-state index in [9.17, 15) is 9.90 Å². The minimum absolute atomic E-state index is 0.0162. The number of nitrogens with one attached hydrogen (secondary N) is 1. The summed E-state index contributed by atoms with van der Waals surface area (Å²) < 4.78 is 10.7. The Morgan fingerprint density at radius 3 is 3.00 bits per heavy atom. The maximum absolute atomic E-state index is 12.6. The van der Waals surface area contributed by atoms with Crippen molar-refractivity contribution in [2.45, 2.75) is 31.3 Å². The lowest BCUT2D eigenvalue weighted by Gasteiger charge is -2.25. The number of aromatic nitrogens is 1. The van der Waals surface area contributed by atoms with Gasteiger partial charge in [0.25, 0.3) is 5.91 Å². The van der Waals surface area contributed by atoms with Crippen LogP contribution in [0.25, 0.3) is 0 Å². The zero-order valence-electron chi connectivity index (χ0n) is 13.5. The van der Waals surface area contributed by atoms with E-state index in [4.69, 9.17) is 8.94 Å². The number of carbonyl (C=O) groups excluding carboxylic acids is 1. The second-order valence-corrected chi connectivity index (χ2v) is 6.95. The Labute approximate surface area is 148 Å². The van der Waals surface area contributed by atoms with Gasteiger partial charge < -0.3 is 19.4 Å². The number of thiophene rings is 1. The van der Waals surface area contributed by atoms with Crippen LogP contribution in [0.3, 0.4) is 0 Å². The van der Waals surface area contributed by atoms with E-state index in [1.165, 1.54) is 17.6 Å². The first-order valence-electron chi connectivity index (χ1n) is 8.23. The molecule has 0 fully saturated rings. The third-order valence-electron chi connectivity index (χ3n) is 4.60. The van der Waals surface area contributed by atoms with Crippen LogP contribution in [0.2, 0.25) is 0 Å². The molecule has 0 bridgehead atoms. The average Bonchev–Trinajstić information content (AvgIpc) is 3.40. The lowest BCUT2D eigenvalue weighted by Crippen LogP contribution is -2.41. The van der Waals surface area contributed by atoms with Gasteiger partial charge in [0.2, 0.25) is 0 Å². The molecule has 0 saturated heterocycles. The van der Waals surface area contributed by atoms with Crippen molar-refractivity contribution in [1.82, 2.24) is 10.5 Å². The van der Waals surface area contributed by atoms with Crippen molar-refractivity contribution in [2.24, 2.45) is 0 Å². The second-order valence-electron chi connectivity index (χ2n) is 6.17. The molecule has 2 N–H and O–H groups in total. The number of furan rings is 1. The van der Waals surface area contributed by atoms with Crippen molar-refractivity contribution in [1.29, 1.82) is 0 Å². The van der Waals surface area contributed by atoms with Gasteiger partial charge in [0.15, 0.2) is 11.3 Å². The van der Waals surface area contributed by atoms with E-state index < -0.39 is 5.60 Å². The van der Waals surface area contributed by atoms with E-state index in [1.54, 1.807) is 12.1 Å². The number of hydrogen-bond acceptors (Lipinski definition) is 6. The van der Waals surface area contributed by atoms with Gasteiger partial charge in [0.05, 0.1) is 12.8 Å². The van der Waals surface area contributed by atoms with Crippen LogP contribution in [0.4, 0.5) is 0 Å². The molecule has 0 spiro atoms. The Bertz CT molecular complexity index is 818. The maximum atomic E-state index is 12.6. The molecule has 6 nitrogen and oxygen atoms in total. The zero-order valence-corrected chi connectivity index (χ0v) is 14.3. The van der Waals surface area contributed by atoms with Crippen LogP contribution in [-0.2, 0) is 18.4 Å². The highest BCUT2D eigenvalue weighted by Crippen LogP contribution is 2.31. The zero-order chi connectivity index (χ0) is 17.3. The molecule has 0 radical (unpaired) electrons. The maximum Gasteiger partial charge on any atom is 0.273 e. The minimum Gasteiger partial charge on any atom is -0.466 e. The minimum atomic E-state index is -1.43. The molecule has 25 heavy (non-hydrogen) atoms. The van der Waals surface area contributed by atoms with Gasteiger partial charge in [-0.25, -0.2) is 0 Å². The van der Waals surface area contributed by atoms with Crippen molar-refractivity contribution in [3.05, 3.63) is 63.6 Å². The van der Waals surface area contributed by atoms with Crippen LogP contribution in [0.1, 0.15) is 46.0 Å². The predicted octanol–water partition coefficient (Wildman–Crippen LogP) is 2.87. The predicted molar refractivity (Wildman–Crippen MR) is 91.5 cm³/mol. The number of aryl methyl sites for hydroxylation is 1. The molecule has 3 aromatic heterocycles. The molecule has 3 heterocycles. The van der Waals surface area contributed by atoms with Crippen molar-refractivity contribution in [2.75, 3.05) is 6.54 Å². The molecule has 1 amide bonds. The van der Waals surface area contributed by atoms with Gasteiger partial charge in [-0.2, -0.15) is 11.3 Å². The van der Waals surface area contributed by atoms with Crippen LogP contribution < -0.4 is 5.32 Å². The van der Waals surface area contributed by atoms with E-state index in [0.717, 1.165) is 37.0 Å². The molecule has 0 aliphatic heterocycles. The van der Waals surface area contributed by atoms with E-state index >= 15 is 0 Å². The molecule has 1 aliphatic rings. The average molecular weight is 358 g/mol. The molecular formula is C18H18N2O4S. The second kappa shape index (κ2) is 6.50. The first kappa shape index (κ1) is 16.1. The molecule has 1 aliphatic carbocycles. The standard InChI is InChI=1S/C18H18N2O4S/c21-17(16-13-4-1-2-5-14(13)24-20-16)19-11-18(22,12-7-9-25-10-12)15-6-3-8-23-15/h3,6-10,22H,1-2,4-5,11H2,(H,19,21)/t18-/m0/s1. The van der Waals surface area contributed by atoms with Crippen molar-refractivity contribution in [3.63, 3.8) is 0 Å². The number of aliphatic hydroxyl groups is 1. The van der Waals surface area contributed by atoms with Crippen LogP contribution in [0.15, 0.2) is 44.2 Å². The molecule has 7 heteroatoms. The normalized spacial score (nSPS) is 16.2. The number of fused-ring (bicyclic) bond motifs is 1. The van der Waals surface area contributed by atoms with Crippen LogP contribution in [0.5, 0.6) is 0 Å². The van der Waals surface area contributed by atoms with Gasteiger partial charge in [0, 0.05) is 17.5 Å². The fourth-order valence-electron chi connectivity index (χ4n) is 3.20. The summed E-state index contributed by atoms with van der Waals surface area (Å²) in [6, 6.07) is 5.22. The number of rotatable bonds is 5. The summed E-state index contributed by atoms with van der Waals surface area (Å²) in [4.78, 5) is 12.6. The molecule has 1 atom stereocenters. The van der Waals surface area contributed by atoms with E-state index in [0.29, 0.717) is 17.0 Å². The van der Waals surface area contributed by atoms with E-state index in [-0.39, 0.29) is 12.5 Å². The molecule has 130 valence electrons. The monoisotopic (exact) mass is 358 g/mol. The number of carbonyl (C=O) groups is 1. The summed E-state index contributed by atoms with van der Waals surface area (Å²) in [5.74, 6) is 0.844. The first-order valence-corrected chi connectivity index (χ1v) is 9.17. The summed E-state index contributed by atoms with van der Waals surface area (Å²) in [5, 5.41) is 21.6. The SMILES string of the molecule is O=C(NC[C@](O)(c1ccsc1)c1ccco1)c1noc2c1CCCC2. The lowest BCUT2D eigenvalue weighted by molar-refractivity contribution is 0.0526.